The quantitative estimate of drug-likeness (QED) is 0.627. The average Bonchev–Trinajstić information content (AvgIpc) is 3.07. The molecule has 0 saturated heterocycles. The van der Waals surface area contributed by atoms with Gasteiger partial charge < -0.3 is 9.47 Å². The normalized spacial score (nSPS) is 14.7. The molecular formula is C21H23NO4. The molecule has 1 heterocycles. The molecule has 1 aliphatic carbocycles. The van der Waals surface area contributed by atoms with E-state index >= 15 is 0 Å². The van der Waals surface area contributed by atoms with Crippen molar-refractivity contribution in [2.24, 2.45) is 5.41 Å². The minimum atomic E-state index is -1.33. The smallest absolute Gasteiger partial charge is 0.323 e. The van der Waals surface area contributed by atoms with Crippen molar-refractivity contribution in [3.05, 3.63) is 52.2 Å². The second-order valence-corrected chi connectivity index (χ2v) is 6.86. The molecule has 0 aliphatic heterocycles. The second-order valence-electron chi connectivity index (χ2n) is 6.86. The standard InChI is InChI=1S/C21H23NO4/c1-12-8-6-7-9-15(12)18-13(2)16-10-21(19(23)25-4,20(24)26-5)11-17(16)14(3)22-18/h6-9H,10-11H2,1-5H3. The molecule has 136 valence electrons. The van der Waals surface area contributed by atoms with Gasteiger partial charge in [0.15, 0.2) is 5.41 Å². The van der Waals surface area contributed by atoms with Gasteiger partial charge in [-0.2, -0.15) is 0 Å². The van der Waals surface area contributed by atoms with Crippen LogP contribution in [0, 0.1) is 26.2 Å². The molecule has 1 aromatic carbocycles. The third-order valence-electron chi connectivity index (χ3n) is 5.40. The van der Waals surface area contributed by atoms with E-state index in [2.05, 4.69) is 0 Å². The summed E-state index contributed by atoms with van der Waals surface area (Å²) in [4.78, 5) is 29.8. The fourth-order valence-electron chi connectivity index (χ4n) is 3.91. The summed E-state index contributed by atoms with van der Waals surface area (Å²) in [5.74, 6) is -1.12. The van der Waals surface area contributed by atoms with Gasteiger partial charge in [0.25, 0.3) is 0 Å². The number of rotatable bonds is 3. The van der Waals surface area contributed by atoms with Crippen LogP contribution in [-0.4, -0.2) is 31.1 Å². The number of aryl methyl sites for hydroxylation is 2. The minimum absolute atomic E-state index is 0.259. The summed E-state index contributed by atoms with van der Waals surface area (Å²) in [5.41, 5.74) is 5.52. The van der Waals surface area contributed by atoms with Crippen LogP contribution in [0.2, 0.25) is 0 Å². The maximum Gasteiger partial charge on any atom is 0.323 e. The molecular weight excluding hydrogens is 330 g/mol. The lowest BCUT2D eigenvalue weighted by Crippen LogP contribution is -2.42. The Morgan fingerprint density at radius 1 is 0.962 bits per heavy atom. The van der Waals surface area contributed by atoms with Gasteiger partial charge in [-0.1, -0.05) is 24.3 Å². The van der Waals surface area contributed by atoms with Gasteiger partial charge in [0.1, 0.15) is 0 Å². The maximum atomic E-state index is 12.5. The molecule has 0 radical (unpaired) electrons. The van der Waals surface area contributed by atoms with Crippen LogP contribution in [0.5, 0.6) is 0 Å². The Morgan fingerprint density at radius 2 is 1.54 bits per heavy atom. The number of hydrogen-bond acceptors (Lipinski definition) is 5. The molecule has 0 spiro atoms. The molecule has 0 unspecified atom stereocenters. The van der Waals surface area contributed by atoms with E-state index in [-0.39, 0.29) is 12.8 Å². The second kappa shape index (κ2) is 6.56. The van der Waals surface area contributed by atoms with E-state index in [0.717, 1.165) is 39.2 Å². The molecule has 0 N–H and O–H groups in total. The van der Waals surface area contributed by atoms with Gasteiger partial charge in [0.2, 0.25) is 0 Å². The number of aromatic nitrogens is 1. The largest absolute Gasteiger partial charge is 0.468 e. The highest BCUT2D eigenvalue weighted by molar-refractivity contribution is 6.01. The Balaban J connectivity index is 2.18. The summed E-state index contributed by atoms with van der Waals surface area (Å²) in [6, 6.07) is 8.07. The maximum absolute atomic E-state index is 12.5. The van der Waals surface area contributed by atoms with Gasteiger partial charge >= 0.3 is 11.9 Å². The van der Waals surface area contributed by atoms with Crippen molar-refractivity contribution in [1.29, 1.82) is 0 Å². The summed E-state index contributed by atoms with van der Waals surface area (Å²) in [5, 5.41) is 0. The molecule has 26 heavy (non-hydrogen) atoms. The summed E-state index contributed by atoms with van der Waals surface area (Å²) in [7, 11) is 2.60. The highest BCUT2D eigenvalue weighted by atomic mass is 16.5. The van der Waals surface area contributed by atoms with Crippen LogP contribution in [0.4, 0.5) is 0 Å². The van der Waals surface area contributed by atoms with Gasteiger partial charge in [-0.05, 0) is 43.0 Å². The lowest BCUT2D eigenvalue weighted by Gasteiger charge is -2.22. The first kappa shape index (κ1) is 18.1. The first-order chi connectivity index (χ1) is 12.4. The highest BCUT2D eigenvalue weighted by Gasteiger charge is 2.53. The highest BCUT2D eigenvalue weighted by Crippen LogP contribution is 2.43. The molecule has 0 saturated carbocycles. The number of fused-ring (bicyclic) bond motifs is 1. The van der Waals surface area contributed by atoms with Crippen molar-refractivity contribution >= 4 is 11.9 Å². The molecule has 0 atom stereocenters. The Hall–Kier alpha value is -2.69. The monoisotopic (exact) mass is 353 g/mol. The minimum Gasteiger partial charge on any atom is -0.468 e. The van der Waals surface area contributed by atoms with Crippen molar-refractivity contribution in [2.75, 3.05) is 14.2 Å². The SMILES string of the molecule is COC(=O)C1(C(=O)OC)Cc2c(C)nc(-c3ccccc3C)c(C)c2C1. The number of esters is 2. The number of pyridine rings is 1. The van der Waals surface area contributed by atoms with E-state index in [0.29, 0.717) is 0 Å². The molecule has 0 amide bonds. The van der Waals surface area contributed by atoms with Crippen molar-refractivity contribution in [3.8, 4) is 11.3 Å². The van der Waals surface area contributed by atoms with Crippen molar-refractivity contribution in [2.45, 2.75) is 33.6 Å². The van der Waals surface area contributed by atoms with Crippen LogP contribution in [0.15, 0.2) is 24.3 Å². The third-order valence-corrected chi connectivity index (χ3v) is 5.40. The fourth-order valence-corrected chi connectivity index (χ4v) is 3.91. The summed E-state index contributed by atoms with van der Waals surface area (Å²) in [6.45, 7) is 5.97. The zero-order valence-electron chi connectivity index (χ0n) is 15.8. The van der Waals surface area contributed by atoms with Crippen molar-refractivity contribution in [1.82, 2.24) is 4.98 Å². The lowest BCUT2D eigenvalue weighted by molar-refractivity contribution is -0.168. The number of carbonyl (C=O) groups excluding carboxylic acids is 2. The van der Waals surface area contributed by atoms with E-state index < -0.39 is 17.4 Å². The van der Waals surface area contributed by atoms with E-state index in [4.69, 9.17) is 14.5 Å². The van der Waals surface area contributed by atoms with Crippen LogP contribution in [0.1, 0.15) is 27.9 Å². The number of hydrogen-bond donors (Lipinski definition) is 0. The van der Waals surface area contributed by atoms with E-state index in [1.54, 1.807) is 0 Å². The van der Waals surface area contributed by atoms with Crippen LogP contribution in [0.3, 0.4) is 0 Å². The zero-order valence-corrected chi connectivity index (χ0v) is 15.8. The van der Waals surface area contributed by atoms with Crippen molar-refractivity contribution in [3.63, 3.8) is 0 Å². The number of carbonyl (C=O) groups is 2. The predicted octanol–water partition coefficient (Wildman–Crippen LogP) is 3.10. The summed E-state index contributed by atoms with van der Waals surface area (Å²) < 4.78 is 9.89. The first-order valence-corrected chi connectivity index (χ1v) is 8.57. The summed E-state index contributed by atoms with van der Waals surface area (Å²) in [6.07, 6.45) is 0.533. The Kier molecular flexibility index (Phi) is 4.57. The molecule has 5 nitrogen and oxygen atoms in total. The van der Waals surface area contributed by atoms with Crippen LogP contribution >= 0.6 is 0 Å². The number of methoxy groups -OCH3 is 2. The topological polar surface area (TPSA) is 65.5 Å². The Labute approximate surface area is 153 Å². The number of nitrogens with zero attached hydrogens (tertiary/aromatic N) is 1. The molecule has 2 aromatic rings. The molecule has 0 fully saturated rings. The van der Waals surface area contributed by atoms with E-state index in [1.807, 2.05) is 45.0 Å². The molecule has 1 aliphatic rings. The van der Waals surface area contributed by atoms with Gasteiger partial charge in [-0.3, -0.25) is 14.6 Å². The Bertz CT molecular complexity index is 885. The van der Waals surface area contributed by atoms with Crippen LogP contribution in [0.25, 0.3) is 11.3 Å². The lowest BCUT2D eigenvalue weighted by atomic mass is 9.84. The van der Waals surface area contributed by atoms with Crippen molar-refractivity contribution < 1.29 is 19.1 Å². The van der Waals surface area contributed by atoms with E-state index in [1.165, 1.54) is 14.2 Å². The molecule has 0 bridgehead atoms. The number of benzene rings is 1. The predicted molar refractivity (Wildman–Crippen MR) is 97.8 cm³/mol. The molecule has 1 aromatic heterocycles. The third kappa shape index (κ3) is 2.59. The molecule has 5 heteroatoms. The number of ether oxygens (including phenoxy) is 2. The first-order valence-electron chi connectivity index (χ1n) is 8.57. The fraction of sp³-hybridized carbons (Fsp3) is 0.381. The Morgan fingerprint density at radius 3 is 2.12 bits per heavy atom. The van der Waals surface area contributed by atoms with Crippen LogP contribution < -0.4 is 0 Å². The van der Waals surface area contributed by atoms with Gasteiger partial charge in [0.05, 0.1) is 19.9 Å². The zero-order chi connectivity index (χ0) is 19.1. The average molecular weight is 353 g/mol. The van der Waals surface area contributed by atoms with Gasteiger partial charge in [-0.15, -0.1) is 0 Å². The van der Waals surface area contributed by atoms with Crippen LogP contribution in [-0.2, 0) is 31.9 Å². The summed E-state index contributed by atoms with van der Waals surface area (Å²) >= 11 is 0. The van der Waals surface area contributed by atoms with Gasteiger partial charge in [-0.25, -0.2) is 0 Å². The van der Waals surface area contributed by atoms with E-state index in [9.17, 15) is 9.59 Å². The van der Waals surface area contributed by atoms with Gasteiger partial charge in [0, 0.05) is 24.1 Å². The molecule has 3 rings (SSSR count).